The number of carbonyl (C=O) groups is 1. The van der Waals surface area contributed by atoms with Gasteiger partial charge in [0.25, 0.3) is 0 Å². The van der Waals surface area contributed by atoms with E-state index in [2.05, 4.69) is 15.9 Å². The molecule has 0 radical (unpaired) electrons. The quantitative estimate of drug-likeness (QED) is 0.514. The van der Waals surface area contributed by atoms with E-state index in [1.807, 2.05) is 0 Å². The lowest BCUT2D eigenvalue weighted by molar-refractivity contribution is 0.0240. The van der Waals surface area contributed by atoms with Crippen molar-refractivity contribution in [3.05, 3.63) is 29.1 Å². The van der Waals surface area contributed by atoms with Crippen LogP contribution < -0.4 is 4.90 Å². The second-order valence-corrected chi connectivity index (χ2v) is 8.36. The molecule has 1 fully saturated rings. The molecular formula is C17H22BrF3N2O2. The highest BCUT2D eigenvalue weighted by atomic mass is 79.9. The second-order valence-electron chi connectivity index (χ2n) is 6.99. The van der Waals surface area contributed by atoms with E-state index in [1.54, 1.807) is 25.7 Å². The molecule has 0 aliphatic carbocycles. The van der Waals surface area contributed by atoms with E-state index in [0.717, 1.165) is 6.07 Å². The van der Waals surface area contributed by atoms with Crippen molar-refractivity contribution in [3.8, 4) is 0 Å². The predicted molar refractivity (Wildman–Crippen MR) is 93.7 cm³/mol. The highest BCUT2D eigenvalue weighted by Crippen LogP contribution is 2.34. The van der Waals surface area contributed by atoms with Gasteiger partial charge in [-0.25, -0.2) is 18.0 Å². The van der Waals surface area contributed by atoms with Crippen LogP contribution in [0, 0.1) is 17.5 Å². The van der Waals surface area contributed by atoms with E-state index in [9.17, 15) is 18.0 Å². The van der Waals surface area contributed by atoms with Crippen molar-refractivity contribution in [1.82, 2.24) is 4.90 Å². The largest absolute Gasteiger partial charge is 0.444 e. The van der Waals surface area contributed by atoms with Gasteiger partial charge in [0.2, 0.25) is 0 Å². The van der Waals surface area contributed by atoms with Gasteiger partial charge in [0.1, 0.15) is 5.60 Å². The molecule has 140 valence electrons. The van der Waals surface area contributed by atoms with Crippen LogP contribution in [0.3, 0.4) is 0 Å². The zero-order chi connectivity index (χ0) is 18.9. The Morgan fingerprint density at radius 3 is 2.20 bits per heavy atom. The molecular weight excluding hydrogens is 401 g/mol. The van der Waals surface area contributed by atoms with Gasteiger partial charge in [0.05, 0.1) is 5.69 Å². The molecule has 1 unspecified atom stereocenters. The monoisotopic (exact) mass is 422 g/mol. The Balaban J connectivity index is 2.15. The fourth-order valence-corrected chi connectivity index (χ4v) is 3.05. The molecule has 0 aromatic heterocycles. The molecule has 0 N–H and O–H groups in total. The number of alkyl halides is 1. The summed E-state index contributed by atoms with van der Waals surface area (Å²) in [6, 6.07) is 0.868. The Morgan fingerprint density at radius 1 is 1.16 bits per heavy atom. The van der Waals surface area contributed by atoms with Crippen LogP contribution in [-0.2, 0) is 4.74 Å². The molecule has 0 saturated carbocycles. The molecule has 1 heterocycles. The summed E-state index contributed by atoms with van der Waals surface area (Å²) in [6.07, 6.45) is -0.437. The molecule has 1 amide bonds. The number of nitrogens with zero attached hydrogens (tertiary/aromatic N) is 2. The lowest BCUT2D eigenvalue weighted by atomic mass is 10.1. The molecule has 2 rings (SSSR count). The molecule has 1 saturated heterocycles. The average molecular weight is 423 g/mol. The summed E-state index contributed by atoms with van der Waals surface area (Å²) in [5, 5.41) is 0. The zero-order valence-corrected chi connectivity index (χ0v) is 16.3. The lowest BCUT2D eigenvalue weighted by Gasteiger charge is -2.37. The van der Waals surface area contributed by atoms with Crippen molar-refractivity contribution >= 4 is 27.7 Å². The van der Waals surface area contributed by atoms with Gasteiger partial charge in [-0.2, -0.15) is 0 Å². The first kappa shape index (κ1) is 19.9. The minimum absolute atomic E-state index is 0.00374. The van der Waals surface area contributed by atoms with E-state index in [-0.39, 0.29) is 11.3 Å². The average Bonchev–Trinajstić information content (AvgIpc) is 2.49. The number of hydrogen-bond donors (Lipinski definition) is 0. The molecule has 8 heteroatoms. The van der Waals surface area contributed by atoms with Crippen molar-refractivity contribution in [2.75, 3.05) is 31.1 Å². The smallest absolute Gasteiger partial charge is 0.410 e. The first-order valence-corrected chi connectivity index (χ1v) is 8.97. The third-order valence-electron chi connectivity index (χ3n) is 3.84. The summed E-state index contributed by atoms with van der Waals surface area (Å²) in [7, 11) is 0. The van der Waals surface area contributed by atoms with E-state index >= 15 is 0 Å². The first-order chi connectivity index (χ1) is 11.5. The fraction of sp³-hybridized carbons (Fsp3) is 0.588. The van der Waals surface area contributed by atoms with Crippen LogP contribution in [0.4, 0.5) is 23.7 Å². The molecule has 0 bridgehead atoms. The van der Waals surface area contributed by atoms with Gasteiger partial charge in [-0.1, -0.05) is 15.9 Å². The van der Waals surface area contributed by atoms with Gasteiger partial charge in [0, 0.05) is 42.6 Å². The van der Waals surface area contributed by atoms with Crippen LogP contribution in [0.2, 0.25) is 0 Å². The lowest BCUT2D eigenvalue weighted by Crippen LogP contribution is -2.50. The molecule has 1 atom stereocenters. The minimum Gasteiger partial charge on any atom is -0.444 e. The molecule has 4 nitrogen and oxygen atoms in total. The number of rotatable bonds is 2. The molecule has 1 aliphatic heterocycles. The van der Waals surface area contributed by atoms with Gasteiger partial charge in [-0.3, -0.25) is 0 Å². The maximum absolute atomic E-state index is 14.6. The Hall–Kier alpha value is -1.44. The summed E-state index contributed by atoms with van der Waals surface area (Å²) in [4.78, 5) is 14.5. The van der Waals surface area contributed by atoms with E-state index < -0.39 is 34.0 Å². The number of benzene rings is 1. The normalized spacial score (nSPS) is 16.8. The van der Waals surface area contributed by atoms with Crippen molar-refractivity contribution in [2.24, 2.45) is 0 Å². The number of hydrogen-bond acceptors (Lipinski definition) is 3. The highest BCUT2D eigenvalue weighted by molar-refractivity contribution is 9.09. The highest BCUT2D eigenvalue weighted by Gasteiger charge is 2.29. The second kappa shape index (κ2) is 7.43. The summed E-state index contributed by atoms with van der Waals surface area (Å²) in [6.45, 7) is 8.10. The fourth-order valence-electron chi connectivity index (χ4n) is 2.65. The SMILES string of the molecule is CC(Br)c1c(F)c(F)cc(N2CCN(C(=O)OC(C)(C)C)CC2)c1F. The maximum atomic E-state index is 14.6. The van der Waals surface area contributed by atoms with Crippen molar-refractivity contribution < 1.29 is 22.7 Å². The van der Waals surface area contributed by atoms with Crippen molar-refractivity contribution in [3.63, 3.8) is 0 Å². The van der Waals surface area contributed by atoms with Crippen LogP contribution in [0.1, 0.15) is 38.1 Å². The number of anilines is 1. The van der Waals surface area contributed by atoms with Crippen molar-refractivity contribution in [1.29, 1.82) is 0 Å². The van der Waals surface area contributed by atoms with Crippen LogP contribution in [-0.4, -0.2) is 42.8 Å². The van der Waals surface area contributed by atoms with E-state index in [0.29, 0.717) is 26.2 Å². The Morgan fingerprint density at radius 2 is 1.72 bits per heavy atom. The van der Waals surface area contributed by atoms with Gasteiger partial charge in [-0.05, 0) is 27.7 Å². The van der Waals surface area contributed by atoms with Crippen LogP contribution in [0.5, 0.6) is 0 Å². The number of piperazine rings is 1. The molecule has 0 spiro atoms. The first-order valence-electron chi connectivity index (χ1n) is 8.05. The topological polar surface area (TPSA) is 32.8 Å². The van der Waals surface area contributed by atoms with Gasteiger partial charge < -0.3 is 14.5 Å². The number of ether oxygens (including phenoxy) is 1. The Bertz CT molecular complexity index is 654. The van der Waals surface area contributed by atoms with Crippen molar-refractivity contribution in [2.45, 2.75) is 38.1 Å². The van der Waals surface area contributed by atoms with Crippen LogP contribution >= 0.6 is 15.9 Å². The van der Waals surface area contributed by atoms with Gasteiger partial charge in [-0.15, -0.1) is 0 Å². The summed E-state index contributed by atoms with van der Waals surface area (Å²) >= 11 is 3.10. The Kier molecular flexibility index (Phi) is 5.91. The third kappa shape index (κ3) is 4.59. The Labute approximate surface area is 154 Å². The third-order valence-corrected chi connectivity index (χ3v) is 4.30. The number of carbonyl (C=O) groups excluding carboxylic acids is 1. The predicted octanol–water partition coefficient (Wildman–Crippen LogP) is 4.62. The molecule has 25 heavy (non-hydrogen) atoms. The van der Waals surface area contributed by atoms with Gasteiger partial charge >= 0.3 is 6.09 Å². The molecule has 1 aromatic rings. The molecule has 1 aromatic carbocycles. The summed E-state index contributed by atoms with van der Waals surface area (Å²) < 4.78 is 47.7. The maximum Gasteiger partial charge on any atom is 0.410 e. The van der Waals surface area contributed by atoms with E-state index in [4.69, 9.17) is 4.74 Å². The van der Waals surface area contributed by atoms with Gasteiger partial charge in [0.15, 0.2) is 17.5 Å². The minimum atomic E-state index is -1.18. The zero-order valence-electron chi connectivity index (χ0n) is 14.7. The summed E-state index contributed by atoms with van der Waals surface area (Å²) in [5.74, 6) is -3.06. The van der Waals surface area contributed by atoms with Crippen LogP contribution in [0.15, 0.2) is 6.07 Å². The van der Waals surface area contributed by atoms with Crippen LogP contribution in [0.25, 0.3) is 0 Å². The summed E-state index contributed by atoms with van der Waals surface area (Å²) in [5.41, 5.74) is -0.921. The van der Waals surface area contributed by atoms with E-state index in [1.165, 1.54) is 11.8 Å². The standard InChI is InChI=1S/C17H22BrF3N2O2/c1-10(18)13-14(20)11(19)9-12(15(13)21)22-5-7-23(8-6-22)16(24)25-17(2,3)4/h9-10H,5-8H2,1-4H3. The number of amides is 1. The molecule has 1 aliphatic rings. The number of halogens is 4.